The first-order valence-electron chi connectivity index (χ1n) is 9.95. The topological polar surface area (TPSA) is 54.0 Å². The Morgan fingerprint density at radius 2 is 1.37 bits per heavy atom. The number of benzene rings is 1. The SMILES string of the molecule is CC.CCOP(=O)(CCc1ccc(B2OC(C)(C)C(C)(C)O2)cc1)OCC. The predicted molar refractivity (Wildman–Crippen MR) is 113 cm³/mol. The van der Waals surface area contributed by atoms with Crippen LogP contribution < -0.4 is 5.46 Å². The van der Waals surface area contributed by atoms with Gasteiger partial charge < -0.3 is 18.4 Å². The average molecular weight is 398 g/mol. The summed E-state index contributed by atoms with van der Waals surface area (Å²) in [5.41, 5.74) is 1.37. The number of hydrogen-bond acceptors (Lipinski definition) is 5. The molecule has 0 spiro atoms. The van der Waals surface area contributed by atoms with Gasteiger partial charge in [-0.25, -0.2) is 0 Å². The lowest BCUT2D eigenvalue weighted by Crippen LogP contribution is -2.41. The van der Waals surface area contributed by atoms with Crippen LogP contribution in [-0.4, -0.2) is 37.7 Å². The van der Waals surface area contributed by atoms with E-state index in [4.69, 9.17) is 18.4 Å². The Morgan fingerprint density at radius 1 is 0.926 bits per heavy atom. The first kappa shape index (κ1) is 24.4. The van der Waals surface area contributed by atoms with E-state index in [1.807, 2.05) is 79.7 Å². The molecule has 1 saturated heterocycles. The van der Waals surface area contributed by atoms with Gasteiger partial charge >= 0.3 is 14.7 Å². The van der Waals surface area contributed by atoms with Crippen molar-refractivity contribution >= 4 is 20.2 Å². The lowest BCUT2D eigenvalue weighted by molar-refractivity contribution is 0.00578. The van der Waals surface area contributed by atoms with Crippen LogP contribution in [0.4, 0.5) is 0 Å². The normalized spacial score (nSPS) is 18.1. The van der Waals surface area contributed by atoms with Crippen LogP contribution in [0.1, 0.15) is 61.0 Å². The molecule has 5 nitrogen and oxygen atoms in total. The van der Waals surface area contributed by atoms with Crippen molar-refractivity contribution in [2.24, 2.45) is 0 Å². The largest absolute Gasteiger partial charge is 0.494 e. The van der Waals surface area contributed by atoms with E-state index < -0.39 is 7.60 Å². The van der Waals surface area contributed by atoms with E-state index >= 15 is 0 Å². The smallest absolute Gasteiger partial charge is 0.399 e. The minimum absolute atomic E-state index is 0.349. The fourth-order valence-corrected chi connectivity index (χ4v) is 4.30. The van der Waals surface area contributed by atoms with Crippen molar-refractivity contribution in [2.45, 2.75) is 73.0 Å². The maximum Gasteiger partial charge on any atom is 0.494 e. The molecule has 0 aliphatic carbocycles. The molecule has 7 heteroatoms. The molecular formula is C20H36BO5P. The molecule has 0 radical (unpaired) electrons. The molecule has 0 bridgehead atoms. The monoisotopic (exact) mass is 398 g/mol. The maximum absolute atomic E-state index is 12.5. The Labute approximate surface area is 165 Å². The zero-order valence-corrected chi connectivity index (χ0v) is 19.1. The highest BCUT2D eigenvalue weighted by molar-refractivity contribution is 7.53. The van der Waals surface area contributed by atoms with E-state index in [0.717, 1.165) is 11.0 Å². The van der Waals surface area contributed by atoms with Crippen LogP contribution in [0.5, 0.6) is 0 Å². The summed E-state index contributed by atoms with van der Waals surface area (Å²) in [4.78, 5) is 0. The summed E-state index contributed by atoms with van der Waals surface area (Å²) in [5, 5.41) is 0. The summed E-state index contributed by atoms with van der Waals surface area (Å²) in [7, 11) is -3.37. The van der Waals surface area contributed by atoms with Gasteiger partial charge in [-0.3, -0.25) is 4.57 Å². The van der Waals surface area contributed by atoms with Gasteiger partial charge in [0, 0.05) is 0 Å². The minimum atomic E-state index is -3.00. The van der Waals surface area contributed by atoms with Crippen molar-refractivity contribution in [2.75, 3.05) is 19.4 Å². The van der Waals surface area contributed by atoms with E-state index in [1.165, 1.54) is 0 Å². The Hall–Kier alpha value is -0.645. The molecule has 0 amide bonds. The zero-order valence-electron chi connectivity index (χ0n) is 18.2. The van der Waals surface area contributed by atoms with Gasteiger partial charge in [-0.15, -0.1) is 0 Å². The Kier molecular flexibility index (Phi) is 9.24. The third-order valence-electron chi connectivity index (χ3n) is 4.83. The summed E-state index contributed by atoms with van der Waals surface area (Å²) in [6, 6.07) is 8.04. The highest BCUT2D eigenvalue weighted by Gasteiger charge is 2.51. The fourth-order valence-electron chi connectivity index (χ4n) is 2.65. The lowest BCUT2D eigenvalue weighted by Gasteiger charge is -2.32. The highest BCUT2D eigenvalue weighted by atomic mass is 31.2. The van der Waals surface area contributed by atoms with Crippen molar-refractivity contribution < 1.29 is 22.9 Å². The van der Waals surface area contributed by atoms with Gasteiger partial charge in [-0.05, 0) is 59.0 Å². The van der Waals surface area contributed by atoms with Gasteiger partial charge in [-0.1, -0.05) is 38.1 Å². The maximum atomic E-state index is 12.5. The van der Waals surface area contributed by atoms with E-state index in [2.05, 4.69) is 0 Å². The van der Waals surface area contributed by atoms with Crippen molar-refractivity contribution in [3.8, 4) is 0 Å². The second kappa shape index (κ2) is 10.2. The summed E-state index contributed by atoms with van der Waals surface area (Å²) in [5.74, 6) is 0. The van der Waals surface area contributed by atoms with Crippen molar-refractivity contribution in [3.63, 3.8) is 0 Å². The van der Waals surface area contributed by atoms with Crippen LogP contribution in [0.25, 0.3) is 0 Å². The lowest BCUT2D eigenvalue weighted by atomic mass is 9.79. The molecule has 1 aromatic rings. The second-order valence-corrected chi connectivity index (χ2v) is 9.44. The van der Waals surface area contributed by atoms with Gasteiger partial charge in [-0.2, -0.15) is 0 Å². The zero-order chi connectivity index (χ0) is 20.7. The Bertz CT molecular complexity index is 589. The van der Waals surface area contributed by atoms with Crippen LogP contribution in [-0.2, 0) is 29.3 Å². The van der Waals surface area contributed by atoms with E-state index in [0.29, 0.717) is 25.8 Å². The number of hydrogen-bond donors (Lipinski definition) is 0. The van der Waals surface area contributed by atoms with Crippen molar-refractivity contribution in [3.05, 3.63) is 29.8 Å². The number of rotatable bonds is 8. The van der Waals surface area contributed by atoms with Gasteiger partial charge in [0.15, 0.2) is 0 Å². The van der Waals surface area contributed by atoms with E-state index in [-0.39, 0.29) is 18.3 Å². The molecule has 27 heavy (non-hydrogen) atoms. The molecule has 1 heterocycles. The van der Waals surface area contributed by atoms with Gasteiger partial charge in [0.25, 0.3) is 0 Å². The molecule has 1 fully saturated rings. The summed E-state index contributed by atoms with van der Waals surface area (Å²) < 4.78 is 35.3. The first-order valence-corrected chi connectivity index (χ1v) is 11.7. The van der Waals surface area contributed by atoms with Crippen LogP contribution in [0, 0.1) is 0 Å². The Morgan fingerprint density at radius 3 is 1.78 bits per heavy atom. The van der Waals surface area contributed by atoms with Gasteiger partial charge in [0.1, 0.15) is 0 Å². The van der Waals surface area contributed by atoms with Crippen LogP contribution in [0.2, 0.25) is 0 Å². The first-order chi connectivity index (χ1) is 12.6. The summed E-state index contributed by atoms with van der Waals surface area (Å²) in [6.07, 6.45) is 1.02. The molecular weight excluding hydrogens is 362 g/mol. The third-order valence-corrected chi connectivity index (χ3v) is 6.91. The summed E-state index contributed by atoms with van der Waals surface area (Å²) in [6.45, 7) is 16.6. The average Bonchev–Trinajstić information content (AvgIpc) is 2.84. The molecule has 0 saturated carbocycles. The standard InChI is InChI=1S/C18H30BO5P.C2H6/c1-7-21-25(20,22-8-2)14-13-15-9-11-16(12-10-15)19-23-17(3,4)18(5,6)24-19;1-2/h9-12H,7-8,13-14H2,1-6H3;1-2H3. The quantitative estimate of drug-likeness (QED) is 0.464. The highest BCUT2D eigenvalue weighted by Crippen LogP contribution is 2.48. The van der Waals surface area contributed by atoms with Crippen molar-refractivity contribution in [1.82, 2.24) is 0 Å². The Balaban J connectivity index is 0.00000176. The molecule has 1 aliphatic heterocycles. The molecule has 0 unspecified atom stereocenters. The molecule has 0 atom stereocenters. The minimum Gasteiger partial charge on any atom is -0.399 e. The van der Waals surface area contributed by atoms with E-state index in [1.54, 1.807) is 0 Å². The molecule has 2 rings (SSSR count). The fraction of sp³-hybridized carbons (Fsp3) is 0.700. The van der Waals surface area contributed by atoms with Crippen LogP contribution >= 0.6 is 7.60 Å². The second-order valence-electron chi connectivity index (χ2n) is 7.25. The predicted octanol–water partition coefficient (Wildman–Crippen LogP) is 4.82. The van der Waals surface area contributed by atoms with E-state index in [9.17, 15) is 4.57 Å². The molecule has 1 aliphatic rings. The molecule has 154 valence electrons. The molecule has 0 N–H and O–H groups in total. The summed E-state index contributed by atoms with van der Waals surface area (Å²) >= 11 is 0. The van der Waals surface area contributed by atoms with Gasteiger partial charge in [0.05, 0.1) is 30.6 Å². The van der Waals surface area contributed by atoms with Gasteiger partial charge in [0.2, 0.25) is 0 Å². The molecule has 1 aromatic carbocycles. The number of aryl methyl sites for hydroxylation is 1. The van der Waals surface area contributed by atoms with Crippen LogP contribution in [0.3, 0.4) is 0 Å². The molecule has 0 aromatic heterocycles. The van der Waals surface area contributed by atoms with Crippen LogP contribution in [0.15, 0.2) is 24.3 Å². The third kappa shape index (κ3) is 6.44. The van der Waals surface area contributed by atoms with Crippen molar-refractivity contribution in [1.29, 1.82) is 0 Å².